The molecule has 0 aromatic heterocycles. The van der Waals surface area contributed by atoms with Crippen molar-refractivity contribution in [1.29, 1.82) is 0 Å². The summed E-state index contributed by atoms with van der Waals surface area (Å²) in [5.41, 5.74) is 2.55. The Morgan fingerprint density at radius 2 is 1.60 bits per heavy atom. The van der Waals surface area contributed by atoms with Crippen molar-refractivity contribution in [2.45, 2.75) is 4.83 Å². The van der Waals surface area contributed by atoms with Crippen molar-refractivity contribution in [2.75, 3.05) is 0 Å². The average Bonchev–Trinajstić information content (AvgIpc) is 2.48. The zero-order valence-electron chi connectivity index (χ0n) is 10.5. The third-order valence-electron chi connectivity index (χ3n) is 3.33. The molecule has 0 bridgehead atoms. The average molecular weight is 502 g/mol. The molecule has 3 aromatic rings. The van der Waals surface area contributed by atoms with Crippen molar-refractivity contribution in [3.63, 3.8) is 0 Å². The van der Waals surface area contributed by atoms with Crippen LogP contribution in [0, 0.1) is 3.57 Å². The molecule has 3 aromatic carbocycles. The molecular weight excluding hydrogens is 491 g/mol. The minimum atomic E-state index is 0.178. The summed E-state index contributed by atoms with van der Waals surface area (Å²) in [6.45, 7) is 0. The molecule has 0 aliphatic rings. The van der Waals surface area contributed by atoms with E-state index in [2.05, 4.69) is 115 Å². The zero-order chi connectivity index (χ0) is 14.1. The minimum absolute atomic E-state index is 0.178. The summed E-state index contributed by atoms with van der Waals surface area (Å²) in [4.78, 5) is 0.178. The molecule has 3 rings (SSSR count). The molecule has 20 heavy (non-hydrogen) atoms. The lowest BCUT2D eigenvalue weighted by Crippen LogP contribution is -1.96. The van der Waals surface area contributed by atoms with Crippen LogP contribution in [0.3, 0.4) is 0 Å². The van der Waals surface area contributed by atoms with Gasteiger partial charge in [-0.1, -0.05) is 74.3 Å². The van der Waals surface area contributed by atoms with Crippen LogP contribution in [0.1, 0.15) is 16.0 Å². The lowest BCUT2D eigenvalue weighted by Gasteiger charge is -2.15. The number of rotatable bonds is 2. The molecule has 0 N–H and O–H groups in total. The highest BCUT2D eigenvalue weighted by Gasteiger charge is 2.16. The second-order valence-corrected chi connectivity index (χ2v) is 7.61. The predicted molar refractivity (Wildman–Crippen MR) is 102 cm³/mol. The minimum Gasteiger partial charge on any atom is -0.0786 e. The van der Waals surface area contributed by atoms with E-state index in [1.807, 2.05) is 0 Å². The first kappa shape index (κ1) is 14.5. The monoisotopic (exact) mass is 500 g/mol. The van der Waals surface area contributed by atoms with Crippen LogP contribution in [-0.2, 0) is 0 Å². The third kappa shape index (κ3) is 2.81. The van der Waals surface area contributed by atoms with Gasteiger partial charge < -0.3 is 0 Å². The maximum absolute atomic E-state index is 3.87. The number of hydrogen-bond donors (Lipinski definition) is 0. The second kappa shape index (κ2) is 6.16. The van der Waals surface area contributed by atoms with E-state index >= 15 is 0 Å². The highest BCUT2D eigenvalue weighted by Crippen LogP contribution is 2.39. The van der Waals surface area contributed by atoms with Gasteiger partial charge in [-0.3, -0.25) is 0 Å². The van der Waals surface area contributed by atoms with Gasteiger partial charge >= 0.3 is 0 Å². The van der Waals surface area contributed by atoms with Crippen LogP contribution in [0.5, 0.6) is 0 Å². The van der Waals surface area contributed by atoms with Crippen LogP contribution < -0.4 is 0 Å². The molecule has 1 atom stereocenters. The molecule has 0 saturated carbocycles. The van der Waals surface area contributed by atoms with E-state index in [0.717, 1.165) is 4.47 Å². The Bertz CT molecular complexity index is 763. The van der Waals surface area contributed by atoms with Crippen LogP contribution in [0.25, 0.3) is 10.8 Å². The second-order valence-electron chi connectivity index (χ2n) is 4.60. The summed E-state index contributed by atoms with van der Waals surface area (Å²) >= 11 is 9.88. The first-order chi connectivity index (χ1) is 9.66. The summed E-state index contributed by atoms with van der Waals surface area (Å²) in [6.07, 6.45) is 0. The van der Waals surface area contributed by atoms with Crippen molar-refractivity contribution in [2.24, 2.45) is 0 Å². The normalized spacial score (nSPS) is 12.6. The molecule has 3 heteroatoms. The zero-order valence-corrected chi connectivity index (χ0v) is 15.8. The largest absolute Gasteiger partial charge is 0.0786 e. The number of fused-ring (bicyclic) bond motifs is 1. The van der Waals surface area contributed by atoms with Gasteiger partial charge in [0.15, 0.2) is 0 Å². The van der Waals surface area contributed by atoms with Crippen LogP contribution in [0.15, 0.2) is 65.1 Å². The molecule has 0 nitrogen and oxygen atoms in total. The van der Waals surface area contributed by atoms with E-state index in [-0.39, 0.29) is 4.83 Å². The maximum atomic E-state index is 3.87. The van der Waals surface area contributed by atoms with Gasteiger partial charge in [0, 0.05) is 8.04 Å². The number of alkyl halides is 1. The highest BCUT2D eigenvalue weighted by molar-refractivity contribution is 14.1. The van der Waals surface area contributed by atoms with Crippen LogP contribution in [-0.4, -0.2) is 0 Å². The topological polar surface area (TPSA) is 0 Å². The first-order valence-electron chi connectivity index (χ1n) is 6.23. The standard InChI is InChI=1S/C17H11Br2I/c18-16-9-8-12(20)10-15(16)17(19)14-7-3-5-11-4-1-2-6-13(11)14/h1-10,17H. The fraction of sp³-hybridized carbons (Fsp3) is 0.0588. The molecule has 0 radical (unpaired) electrons. The van der Waals surface area contributed by atoms with Crippen molar-refractivity contribution >= 4 is 65.2 Å². The predicted octanol–water partition coefficient (Wildman–Crippen LogP) is 6.69. The van der Waals surface area contributed by atoms with E-state index in [1.165, 1.54) is 25.5 Å². The quantitative estimate of drug-likeness (QED) is 0.271. The van der Waals surface area contributed by atoms with Gasteiger partial charge in [-0.2, -0.15) is 0 Å². The van der Waals surface area contributed by atoms with Gasteiger partial charge in [0.1, 0.15) is 0 Å². The van der Waals surface area contributed by atoms with Crippen LogP contribution in [0.2, 0.25) is 0 Å². The molecule has 0 amide bonds. The summed E-state index contributed by atoms with van der Waals surface area (Å²) in [6, 6.07) is 21.4. The van der Waals surface area contributed by atoms with Gasteiger partial charge in [-0.05, 0) is 62.7 Å². The Morgan fingerprint density at radius 1 is 0.850 bits per heavy atom. The Balaban J connectivity index is 2.17. The van der Waals surface area contributed by atoms with E-state index in [4.69, 9.17) is 0 Å². The molecule has 100 valence electrons. The Hall–Kier alpha value is -0.390. The Morgan fingerprint density at radius 3 is 2.45 bits per heavy atom. The number of benzene rings is 3. The van der Waals surface area contributed by atoms with Gasteiger partial charge in [-0.15, -0.1) is 0 Å². The summed E-state index contributed by atoms with van der Waals surface area (Å²) in [5.74, 6) is 0. The fourth-order valence-electron chi connectivity index (χ4n) is 2.35. The lowest BCUT2D eigenvalue weighted by molar-refractivity contribution is 1.18. The molecule has 0 saturated heterocycles. The molecular formula is C17H11Br2I. The van der Waals surface area contributed by atoms with Gasteiger partial charge in [0.2, 0.25) is 0 Å². The summed E-state index contributed by atoms with van der Waals surface area (Å²) < 4.78 is 2.37. The van der Waals surface area contributed by atoms with E-state index < -0.39 is 0 Å². The van der Waals surface area contributed by atoms with Gasteiger partial charge in [0.05, 0.1) is 4.83 Å². The van der Waals surface area contributed by atoms with Crippen molar-refractivity contribution in [3.05, 3.63) is 79.8 Å². The van der Waals surface area contributed by atoms with Gasteiger partial charge in [-0.25, -0.2) is 0 Å². The number of hydrogen-bond acceptors (Lipinski definition) is 0. The van der Waals surface area contributed by atoms with E-state index in [1.54, 1.807) is 0 Å². The molecule has 0 heterocycles. The maximum Gasteiger partial charge on any atom is 0.0661 e. The van der Waals surface area contributed by atoms with Crippen LogP contribution in [0.4, 0.5) is 0 Å². The van der Waals surface area contributed by atoms with Gasteiger partial charge in [0.25, 0.3) is 0 Å². The van der Waals surface area contributed by atoms with Crippen molar-refractivity contribution in [1.82, 2.24) is 0 Å². The van der Waals surface area contributed by atoms with Crippen molar-refractivity contribution in [3.8, 4) is 0 Å². The number of halogens is 3. The van der Waals surface area contributed by atoms with Crippen molar-refractivity contribution < 1.29 is 0 Å². The van der Waals surface area contributed by atoms with E-state index in [0.29, 0.717) is 0 Å². The fourth-order valence-corrected chi connectivity index (χ4v) is 4.42. The molecule has 0 aliphatic heterocycles. The summed E-state index contributed by atoms with van der Waals surface area (Å²) in [5, 5.41) is 2.57. The lowest BCUT2D eigenvalue weighted by atomic mass is 9.98. The molecule has 0 fully saturated rings. The summed E-state index contributed by atoms with van der Waals surface area (Å²) in [7, 11) is 0. The molecule has 0 spiro atoms. The SMILES string of the molecule is Brc1ccc(I)cc1C(Br)c1cccc2ccccc12. The molecule has 0 aliphatic carbocycles. The third-order valence-corrected chi connectivity index (χ3v) is 5.71. The van der Waals surface area contributed by atoms with E-state index in [9.17, 15) is 0 Å². The highest BCUT2D eigenvalue weighted by atomic mass is 127. The smallest absolute Gasteiger partial charge is 0.0661 e. The Kier molecular flexibility index (Phi) is 4.48. The first-order valence-corrected chi connectivity index (χ1v) is 9.02. The van der Waals surface area contributed by atoms with Crippen LogP contribution >= 0.6 is 54.5 Å². The molecule has 1 unspecified atom stereocenters. The Labute approximate surface area is 149 Å².